The minimum Gasteiger partial charge on any atom is -0.369 e. The average Bonchev–Trinajstić information content (AvgIpc) is 3.50. The first-order valence-electron chi connectivity index (χ1n) is 12.8. The van der Waals surface area contributed by atoms with E-state index in [1.165, 1.54) is 0 Å². The van der Waals surface area contributed by atoms with Crippen molar-refractivity contribution in [3.05, 3.63) is 77.0 Å². The van der Waals surface area contributed by atoms with E-state index in [-0.39, 0.29) is 17.9 Å². The van der Waals surface area contributed by atoms with Gasteiger partial charge in [-0.1, -0.05) is 30.3 Å². The number of rotatable bonds is 7. The Kier molecular flexibility index (Phi) is 7.25. The van der Waals surface area contributed by atoms with Crippen molar-refractivity contribution in [3.8, 4) is 0 Å². The van der Waals surface area contributed by atoms with Crippen LogP contribution in [0.5, 0.6) is 0 Å². The fraction of sp³-hybridized carbons (Fsp3) is 0.393. The van der Waals surface area contributed by atoms with Gasteiger partial charge < -0.3 is 24.8 Å². The molecule has 1 saturated heterocycles. The Hall–Kier alpha value is -3.69. The number of nitrogens with zero attached hydrogens (tertiary/aromatic N) is 4. The molecule has 0 spiro atoms. The first-order valence-corrected chi connectivity index (χ1v) is 12.8. The summed E-state index contributed by atoms with van der Waals surface area (Å²) in [5.74, 6) is 0.120. The van der Waals surface area contributed by atoms with Gasteiger partial charge in [0.25, 0.3) is 11.8 Å². The maximum Gasteiger partial charge on any atom is 0.257 e. The molecule has 1 fully saturated rings. The SMILES string of the molecule is CC(C)O[C@@H](C(=O)N1Cc2[nH]nc(NC(=O)c3ccc(N4CCN(C)CC4)cc3)c2C1)c1ccccc1. The van der Waals surface area contributed by atoms with Crippen molar-refractivity contribution in [3.63, 3.8) is 0 Å². The molecule has 2 amide bonds. The lowest BCUT2D eigenvalue weighted by atomic mass is 10.1. The normalized spacial score (nSPS) is 16.6. The summed E-state index contributed by atoms with van der Waals surface area (Å²) in [4.78, 5) is 32.8. The minimum absolute atomic E-state index is 0.103. The second-order valence-electron chi connectivity index (χ2n) is 9.99. The van der Waals surface area contributed by atoms with Crippen LogP contribution in [-0.2, 0) is 22.6 Å². The molecular formula is C28H34N6O3. The van der Waals surface area contributed by atoms with Crippen LogP contribution in [0.1, 0.15) is 47.1 Å². The van der Waals surface area contributed by atoms with Gasteiger partial charge in [0.15, 0.2) is 11.9 Å². The standard InChI is InChI=1S/C28H34N6O3/c1-19(2)37-25(20-7-5-4-6-8-20)28(36)34-17-23-24(18-34)30-31-26(23)29-27(35)21-9-11-22(12-10-21)33-15-13-32(3)14-16-33/h4-12,19,25H,13-18H2,1-3H3,(H2,29,30,31,35)/t25-/m1/s1. The highest BCUT2D eigenvalue weighted by Gasteiger charge is 2.34. The number of carbonyl (C=O) groups excluding carboxylic acids is 2. The van der Waals surface area contributed by atoms with E-state index in [4.69, 9.17) is 4.74 Å². The van der Waals surface area contributed by atoms with Crippen LogP contribution in [0, 0.1) is 0 Å². The first kappa shape index (κ1) is 25.0. The van der Waals surface area contributed by atoms with E-state index in [9.17, 15) is 9.59 Å². The van der Waals surface area contributed by atoms with Crippen molar-refractivity contribution in [2.45, 2.75) is 39.1 Å². The van der Waals surface area contributed by atoms with Gasteiger partial charge in [0, 0.05) is 43.0 Å². The Bertz CT molecular complexity index is 1230. The Morgan fingerprint density at radius 2 is 1.68 bits per heavy atom. The Balaban J connectivity index is 1.24. The highest BCUT2D eigenvalue weighted by molar-refractivity contribution is 6.04. The predicted molar refractivity (Wildman–Crippen MR) is 142 cm³/mol. The summed E-state index contributed by atoms with van der Waals surface area (Å²) in [6.45, 7) is 8.60. The van der Waals surface area contributed by atoms with Crippen molar-refractivity contribution < 1.29 is 14.3 Å². The van der Waals surface area contributed by atoms with Crippen LogP contribution in [0.3, 0.4) is 0 Å². The van der Waals surface area contributed by atoms with Crippen LogP contribution < -0.4 is 10.2 Å². The molecule has 2 aliphatic rings. The highest BCUT2D eigenvalue weighted by Crippen LogP contribution is 2.31. The summed E-state index contributed by atoms with van der Waals surface area (Å²) >= 11 is 0. The van der Waals surface area contributed by atoms with Crippen LogP contribution in [0.25, 0.3) is 0 Å². The lowest BCUT2D eigenvalue weighted by Crippen LogP contribution is -2.44. The molecule has 2 aromatic carbocycles. The van der Waals surface area contributed by atoms with Gasteiger partial charge in [0.05, 0.1) is 24.9 Å². The van der Waals surface area contributed by atoms with Gasteiger partial charge in [-0.15, -0.1) is 0 Å². The molecule has 3 heterocycles. The molecule has 1 atom stereocenters. The Morgan fingerprint density at radius 3 is 2.35 bits per heavy atom. The van der Waals surface area contributed by atoms with Crippen molar-refractivity contribution in [1.29, 1.82) is 0 Å². The molecule has 194 valence electrons. The third kappa shape index (κ3) is 5.52. The number of carbonyl (C=O) groups is 2. The average molecular weight is 503 g/mol. The van der Waals surface area contributed by atoms with E-state index in [1.54, 1.807) is 4.90 Å². The Morgan fingerprint density at radius 1 is 0.973 bits per heavy atom. The maximum atomic E-state index is 13.5. The largest absolute Gasteiger partial charge is 0.369 e. The van der Waals surface area contributed by atoms with Gasteiger partial charge in [-0.3, -0.25) is 14.7 Å². The number of hydrogen-bond acceptors (Lipinski definition) is 6. The number of aromatic nitrogens is 2. The van der Waals surface area contributed by atoms with Gasteiger partial charge in [-0.2, -0.15) is 5.10 Å². The summed E-state index contributed by atoms with van der Waals surface area (Å²) in [7, 11) is 2.13. The lowest BCUT2D eigenvalue weighted by Gasteiger charge is -2.34. The number of likely N-dealkylation sites (N-methyl/N-ethyl adjacent to an activating group) is 1. The molecule has 0 aliphatic carbocycles. The van der Waals surface area contributed by atoms with Crippen LogP contribution in [0.15, 0.2) is 54.6 Å². The number of nitrogens with one attached hydrogen (secondary N) is 2. The lowest BCUT2D eigenvalue weighted by molar-refractivity contribution is -0.147. The number of piperazine rings is 1. The number of fused-ring (bicyclic) bond motifs is 1. The van der Waals surface area contributed by atoms with E-state index in [1.807, 2.05) is 68.4 Å². The number of H-pyrrole nitrogens is 1. The highest BCUT2D eigenvalue weighted by atomic mass is 16.5. The van der Waals surface area contributed by atoms with Crippen LogP contribution in [0.2, 0.25) is 0 Å². The van der Waals surface area contributed by atoms with Crippen LogP contribution in [-0.4, -0.2) is 71.1 Å². The molecule has 0 bridgehead atoms. The van der Waals surface area contributed by atoms with Gasteiger partial charge in [-0.25, -0.2) is 0 Å². The summed E-state index contributed by atoms with van der Waals surface area (Å²) in [6, 6.07) is 17.2. The van der Waals surface area contributed by atoms with Gasteiger partial charge >= 0.3 is 0 Å². The molecule has 9 heteroatoms. The van der Waals surface area contributed by atoms with E-state index < -0.39 is 6.10 Å². The third-order valence-electron chi connectivity index (χ3n) is 6.93. The molecule has 2 aliphatic heterocycles. The zero-order chi connectivity index (χ0) is 25.9. The Labute approximate surface area is 217 Å². The number of aromatic amines is 1. The molecule has 0 radical (unpaired) electrons. The number of hydrogen-bond donors (Lipinski definition) is 2. The van der Waals surface area contributed by atoms with Gasteiger partial charge in [-0.05, 0) is 50.7 Å². The topological polar surface area (TPSA) is 93.8 Å². The molecule has 5 rings (SSSR count). The minimum atomic E-state index is -0.685. The molecule has 9 nitrogen and oxygen atoms in total. The van der Waals surface area contributed by atoms with E-state index in [0.717, 1.165) is 48.7 Å². The summed E-state index contributed by atoms with van der Waals surface area (Å²) in [6.07, 6.45) is -0.788. The van der Waals surface area contributed by atoms with Crippen molar-refractivity contribution >= 4 is 23.3 Å². The number of ether oxygens (including phenoxy) is 1. The van der Waals surface area contributed by atoms with E-state index in [0.29, 0.717) is 24.5 Å². The van der Waals surface area contributed by atoms with E-state index in [2.05, 4.69) is 32.4 Å². The summed E-state index contributed by atoms with van der Waals surface area (Å²) < 4.78 is 6.00. The third-order valence-corrected chi connectivity index (χ3v) is 6.93. The molecule has 3 aromatic rings. The number of benzene rings is 2. The van der Waals surface area contributed by atoms with Crippen molar-refractivity contribution in [2.75, 3.05) is 43.4 Å². The number of anilines is 2. The number of amides is 2. The molecule has 2 N–H and O–H groups in total. The predicted octanol–water partition coefficient (Wildman–Crippen LogP) is 3.42. The molecule has 0 unspecified atom stereocenters. The monoisotopic (exact) mass is 502 g/mol. The second-order valence-corrected chi connectivity index (χ2v) is 9.99. The second kappa shape index (κ2) is 10.7. The fourth-order valence-corrected chi connectivity index (χ4v) is 4.81. The van der Waals surface area contributed by atoms with Crippen LogP contribution >= 0.6 is 0 Å². The van der Waals surface area contributed by atoms with Crippen molar-refractivity contribution in [2.24, 2.45) is 0 Å². The smallest absolute Gasteiger partial charge is 0.257 e. The molecule has 1 aromatic heterocycles. The first-order chi connectivity index (χ1) is 17.9. The maximum absolute atomic E-state index is 13.5. The summed E-state index contributed by atoms with van der Waals surface area (Å²) in [5, 5.41) is 10.2. The molecule has 37 heavy (non-hydrogen) atoms. The van der Waals surface area contributed by atoms with Gasteiger partial charge in [0.1, 0.15) is 0 Å². The summed E-state index contributed by atoms with van der Waals surface area (Å²) in [5.41, 5.74) is 4.16. The quantitative estimate of drug-likeness (QED) is 0.514. The zero-order valence-corrected chi connectivity index (χ0v) is 21.6. The van der Waals surface area contributed by atoms with E-state index >= 15 is 0 Å². The zero-order valence-electron chi connectivity index (χ0n) is 21.6. The molecular weight excluding hydrogens is 468 g/mol. The molecule has 0 saturated carbocycles. The fourth-order valence-electron chi connectivity index (χ4n) is 4.81. The van der Waals surface area contributed by atoms with Gasteiger partial charge in [0.2, 0.25) is 0 Å². The van der Waals surface area contributed by atoms with Crippen LogP contribution in [0.4, 0.5) is 11.5 Å². The van der Waals surface area contributed by atoms with Crippen molar-refractivity contribution in [1.82, 2.24) is 20.0 Å².